The Balaban J connectivity index is 1.73. The summed E-state index contributed by atoms with van der Waals surface area (Å²) in [5.41, 5.74) is -0.0123. The van der Waals surface area contributed by atoms with E-state index in [0.29, 0.717) is 6.54 Å². The molecule has 0 aromatic carbocycles. The van der Waals surface area contributed by atoms with E-state index in [4.69, 9.17) is 9.57 Å². The number of nitrogens with zero attached hydrogens (tertiary/aromatic N) is 2. The molecule has 0 spiro atoms. The van der Waals surface area contributed by atoms with Crippen LogP contribution < -0.4 is 10.1 Å². The first-order chi connectivity index (χ1) is 9.96. The minimum atomic E-state index is -0.553. The maximum absolute atomic E-state index is 9.97. The van der Waals surface area contributed by atoms with Crippen molar-refractivity contribution in [2.75, 3.05) is 39.5 Å². The Labute approximate surface area is 130 Å². The topological polar surface area (TPSA) is 69.2 Å². The molecule has 0 amide bonds. The number of nitrogens with one attached hydrogen (secondary N) is 2. The second-order valence-corrected chi connectivity index (χ2v) is 6.81. The number of hydroxylamine groups is 1. The van der Waals surface area contributed by atoms with Gasteiger partial charge in [0.2, 0.25) is 0 Å². The van der Waals surface area contributed by atoms with Crippen molar-refractivity contribution < 1.29 is 14.7 Å². The molecular formula is C13H26N4O3S. The number of hydrogen-bond donors (Lipinski definition) is 3. The van der Waals surface area contributed by atoms with Gasteiger partial charge >= 0.3 is 0 Å². The Kier molecular flexibility index (Phi) is 6.15. The third-order valence-electron chi connectivity index (χ3n) is 3.11. The Morgan fingerprint density at radius 1 is 1.48 bits per heavy atom. The molecule has 0 aromatic rings. The molecule has 0 aromatic heterocycles. The van der Waals surface area contributed by atoms with Crippen molar-refractivity contribution in [1.29, 1.82) is 0 Å². The quantitative estimate of drug-likeness (QED) is 0.603. The first-order valence-electron chi connectivity index (χ1n) is 7.26. The highest BCUT2D eigenvalue weighted by Crippen LogP contribution is 2.22. The normalized spacial score (nSPS) is 21.6. The number of aliphatic hydroxyl groups is 1. The molecule has 0 radical (unpaired) electrons. The highest BCUT2D eigenvalue weighted by atomic mass is 32.2. The van der Waals surface area contributed by atoms with Gasteiger partial charge < -0.3 is 20.1 Å². The van der Waals surface area contributed by atoms with Gasteiger partial charge in [-0.25, -0.2) is 0 Å². The van der Waals surface area contributed by atoms with Gasteiger partial charge in [0.1, 0.15) is 6.61 Å². The molecule has 2 rings (SSSR count). The van der Waals surface area contributed by atoms with Crippen molar-refractivity contribution in [3.63, 3.8) is 0 Å². The van der Waals surface area contributed by atoms with E-state index in [-0.39, 0.29) is 12.1 Å². The molecule has 2 heterocycles. The van der Waals surface area contributed by atoms with Crippen molar-refractivity contribution in [1.82, 2.24) is 20.2 Å². The molecule has 1 unspecified atom stereocenters. The molecular weight excluding hydrogens is 292 g/mol. The molecule has 1 atom stereocenters. The summed E-state index contributed by atoms with van der Waals surface area (Å²) in [6, 6.07) is 0. The van der Waals surface area contributed by atoms with Gasteiger partial charge in [-0.3, -0.25) is 4.84 Å². The van der Waals surface area contributed by atoms with Crippen LogP contribution in [0.1, 0.15) is 20.8 Å². The fraction of sp³-hybridized carbons (Fsp3) is 0.846. The minimum absolute atomic E-state index is 0.0123. The lowest BCUT2D eigenvalue weighted by Gasteiger charge is -2.33. The number of aliphatic hydroxyl groups excluding tert-OH is 1. The number of β-amino-alcohol motifs (C(OH)–C–C–N with tert-alkyl or cyclic N) is 1. The Bertz CT molecular complexity index is 356. The Hall–Kier alpha value is -0.510. The van der Waals surface area contributed by atoms with Crippen LogP contribution in [0.3, 0.4) is 0 Å². The molecule has 2 aliphatic rings. The lowest BCUT2D eigenvalue weighted by Crippen LogP contribution is -2.45. The van der Waals surface area contributed by atoms with Crippen LogP contribution in [0.15, 0.2) is 11.2 Å². The smallest absolute Gasteiger partial charge is 0.156 e. The summed E-state index contributed by atoms with van der Waals surface area (Å²) < 4.78 is 5.35. The zero-order valence-corrected chi connectivity index (χ0v) is 13.8. The van der Waals surface area contributed by atoms with Crippen LogP contribution >= 0.6 is 11.9 Å². The van der Waals surface area contributed by atoms with E-state index in [2.05, 4.69) is 35.8 Å². The number of rotatable bonds is 6. The van der Waals surface area contributed by atoms with Crippen molar-refractivity contribution in [3.8, 4) is 0 Å². The van der Waals surface area contributed by atoms with Crippen LogP contribution in [0.5, 0.6) is 0 Å². The van der Waals surface area contributed by atoms with Gasteiger partial charge in [0.05, 0.1) is 19.3 Å². The maximum Gasteiger partial charge on any atom is 0.156 e. The highest BCUT2D eigenvalue weighted by molar-refractivity contribution is 8.00. The average molecular weight is 318 g/mol. The average Bonchev–Trinajstić information content (AvgIpc) is 2.91. The summed E-state index contributed by atoms with van der Waals surface area (Å²) in [7, 11) is 0. The van der Waals surface area contributed by atoms with Gasteiger partial charge in [-0.15, -0.1) is 4.83 Å². The highest BCUT2D eigenvalue weighted by Gasteiger charge is 2.25. The van der Waals surface area contributed by atoms with E-state index in [1.807, 2.05) is 5.41 Å². The van der Waals surface area contributed by atoms with Crippen LogP contribution in [-0.4, -0.2) is 66.3 Å². The fourth-order valence-corrected chi connectivity index (χ4v) is 2.60. The summed E-state index contributed by atoms with van der Waals surface area (Å²) >= 11 is 1.46. The minimum Gasteiger partial charge on any atom is -0.389 e. The molecule has 122 valence electrons. The Morgan fingerprint density at radius 3 is 2.86 bits per heavy atom. The summed E-state index contributed by atoms with van der Waals surface area (Å²) in [4.78, 5) is 10.9. The molecule has 21 heavy (non-hydrogen) atoms. The SMILES string of the molecule is CC(C)(C)NCC(O)CON1NSC=C1N1CCOCC1. The van der Waals surface area contributed by atoms with Crippen LogP contribution in [-0.2, 0) is 9.57 Å². The lowest BCUT2D eigenvalue weighted by atomic mass is 10.1. The molecule has 7 nitrogen and oxygen atoms in total. The molecule has 2 aliphatic heterocycles. The zero-order valence-electron chi connectivity index (χ0n) is 13.0. The standard InChI is InChI=1S/C13H26N4O3S/c1-13(2,3)14-8-11(18)9-20-17-12(10-21-15-17)16-4-6-19-7-5-16/h10-11,14-15,18H,4-9H2,1-3H3. The maximum atomic E-state index is 9.97. The van der Waals surface area contributed by atoms with Gasteiger partial charge in [-0.2, -0.15) is 5.17 Å². The second kappa shape index (κ2) is 7.66. The fourth-order valence-electron chi connectivity index (χ4n) is 1.95. The zero-order chi connectivity index (χ0) is 15.3. The molecule has 1 fully saturated rings. The first kappa shape index (κ1) is 16.9. The largest absolute Gasteiger partial charge is 0.389 e. The van der Waals surface area contributed by atoms with Crippen LogP contribution in [0.25, 0.3) is 0 Å². The van der Waals surface area contributed by atoms with Crippen molar-refractivity contribution in [3.05, 3.63) is 11.2 Å². The molecule has 0 aliphatic carbocycles. The van der Waals surface area contributed by atoms with E-state index >= 15 is 0 Å². The summed E-state index contributed by atoms with van der Waals surface area (Å²) in [5, 5.41) is 16.8. The molecule has 0 bridgehead atoms. The molecule has 3 N–H and O–H groups in total. The predicted octanol–water partition coefficient (Wildman–Crippen LogP) is 0.267. The van der Waals surface area contributed by atoms with E-state index in [1.165, 1.54) is 11.9 Å². The molecule has 8 heteroatoms. The van der Waals surface area contributed by atoms with E-state index in [0.717, 1.165) is 32.1 Å². The van der Waals surface area contributed by atoms with Crippen LogP contribution in [0.4, 0.5) is 0 Å². The Morgan fingerprint density at radius 2 is 2.19 bits per heavy atom. The van der Waals surface area contributed by atoms with Gasteiger partial charge in [0.25, 0.3) is 0 Å². The molecule has 0 saturated carbocycles. The van der Waals surface area contributed by atoms with E-state index < -0.39 is 6.10 Å². The van der Waals surface area contributed by atoms with Crippen LogP contribution in [0, 0.1) is 0 Å². The van der Waals surface area contributed by atoms with Crippen molar-refractivity contribution >= 4 is 11.9 Å². The van der Waals surface area contributed by atoms with Gasteiger partial charge in [0.15, 0.2) is 5.82 Å². The summed E-state index contributed by atoms with van der Waals surface area (Å²) in [6.07, 6.45) is -0.553. The predicted molar refractivity (Wildman–Crippen MR) is 82.8 cm³/mol. The van der Waals surface area contributed by atoms with Crippen LogP contribution in [0.2, 0.25) is 0 Å². The van der Waals surface area contributed by atoms with E-state index in [9.17, 15) is 5.11 Å². The van der Waals surface area contributed by atoms with Gasteiger partial charge in [-0.1, -0.05) is 0 Å². The number of ether oxygens (including phenoxy) is 1. The van der Waals surface area contributed by atoms with Crippen molar-refractivity contribution in [2.45, 2.75) is 32.4 Å². The number of morpholine rings is 1. The first-order valence-corrected chi connectivity index (χ1v) is 8.14. The van der Waals surface area contributed by atoms with Gasteiger partial charge in [-0.05, 0) is 32.7 Å². The van der Waals surface area contributed by atoms with Gasteiger partial charge in [0, 0.05) is 30.6 Å². The third kappa shape index (κ3) is 5.65. The summed E-state index contributed by atoms with van der Waals surface area (Å²) in [6.45, 7) is 10.1. The second-order valence-electron chi connectivity index (χ2n) is 6.16. The molecule has 1 saturated heterocycles. The van der Waals surface area contributed by atoms with E-state index in [1.54, 1.807) is 5.17 Å². The summed E-state index contributed by atoms with van der Waals surface area (Å²) in [5.74, 6) is 0.972. The monoisotopic (exact) mass is 318 g/mol. The number of hydrazine groups is 1. The third-order valence-corrected chi connectivity index (χ3v) is 3.71. The van der Waals surface area contributed by atoms with Crippen molar-refractivity contribution in [2.24, 2.45) is 0 Å². The number of hydrogen-bond acceptors (Lipinski definition) is 8. The lowest BCUT2D eigenvalue weighted by molar-refractivity contribution is -0.183.